The summed E-state index contributed by atoms with van der Waals surface area (Å²) >= 11 is 0. The maximum Gasteiger partial charge on any atom is 0.370 e. The Labute approximate surface area is 169 Å². The highest BCUT2D eigenvalue weighted by Gasteiger charge is 2.22. The first-order chi connectivity index (χ1) is 13.8. The predicted molar refractivity (Wildman–Crippen MR) is 110 cm³/mol. The van der Waals surface area contributed by atoms with Crippen molar-refractivity contribution in [1.29, 1.82) is 0 Å². The van der Waals surface area contributed by atoms with E-state index in [-0.39, 0.29) is 24.3 Å². The summed E-state index contributed by atoms with van der Waals surface area (Å²) < 4.78 is 5.11. The van der Waals surface area contributed by atoms with Gasteiger partial charge in [0.05, 0.1) is 37.3 Å². The summed E-state index contributed by atoms with van der Waals surface area (Å²) in [6.07, 6.45) is 3.10. The summed E-state index contributed by atoms with van der Waals surface area (Å²) in [5.41, 5.74) is 11.9. The van der Waals surface area contributed by atoms with Crippen LogP contribution in [0.15, 0.2) is 48.8 Å². The number of nitrogens with one attached hydrogen (secondary N) is 2. The number of nitrogens with zero attached hydrogens (tertiary/aromatic N) is 2. The van der Waals surface area contributed by atoms with Gasteiger partial charge in [0.1, 0.15) is 17.6 Å². The van der Waals surface area contributed by atoms with Gasteiger partial charge in [-0.2, -0.15) is 0 Å². The van der Waals surface area contributed by atoms with Crippen LogP contribution in [0.2, 0.25) is 0 Å². The minimum Gasteiger partial charge on any atom is -0.448 e. The zero-order chi connectivity index (χ0) is 21.4. The summed E-state index contributed by atoms with van der Waals surface area (Å²) in [6.45, 7) is 2.06. The molecule has 1 aromatic carbocycles. The molecule has 0 radical (unpaired) electrons. The van der Waals surface area contributed by atoms with E-state index >= 15 is 0 Å². The molecule has 0 saturated carbocycles. The van der Waals surface area contributed by atoms with E-state index in [1.807, 2.05) is 37.3 Å². The monoisotopic (exact) mass is 400 g/mol. The third-order valence-electron chi connectivity index (χ3n) is 4.11. The number of aromatic nitrogens is 1. The van der Waals surface area contributed by atoms with E-state index in [4.69, 9.17) is 21.7 Å². The Kier molecular flexibility index (Phi) is 7.52. The van der Waals surface area contributed by atoms with Gasteiger partial charge in [-0.15, -0.1) is 0 Å². The van der Waals surface area contributed by atoms with Crippen LogP contribution in [0.25, 0.3) is 0 Å². The molecule has 2 amide bonds. The number of carbonyl (C=O) groups is 1. The third-order valence-corrected chi connectivity index (χ3v) is 4.11. The molecule has 11 N–H and O–H groups in total. The number of pyridine rings is 1. The third kappa shape index (κ3) is 5.92. The van der Waals surface area contributed by atoms with Gasteiger partial charge in [0.25, 0.3) is 0 Å². The number of anilines is 2. The van der Waals surface area contributed by atoms with Crippen molar-refractivity contribution in [3.63, 3.8) is 0 Å². The van der Waals surface area contributed by atoms with E-state index in [0.717, 1.165) is 5.56 Å². The molecule has 0 aliphatic carbocycles. The van der Waals surface area contributed by atoms with Crippen LogP contribution in [-0.4, -0.2) is 29.0 Å². The van der Waals surface area contributed by atoms with E-state index < -0.39 is 6.03 Å². The summed E-state index contributed by atoms with van der Waals surface area (Å²) in [5, 5.41) is 12.8. The van der Waals surface area contributed by atoms with Gasteiger partial charge in [-0.1, -0.05) is 30.3 Å². The molecule has 10 heteroatoms. The quantitative estimate of drug-likeness (QED) is 0.152. The van der Waals surface area contributed by atoms with Crippen molar-refractivity contribution in [1.82, 2.24) is 15.3 Å². The van der Waals surface area contributed by atoms with Crippen LogP contribution in [0, 0.1) is 0 Å². The minimum atomic E-state index is -0.419. The second-order valence-corrected chi connectivity index (χ2v) is 6.27. The fourth-order valence-corrected chi connectivity index (χ4v) is 2.72. The Morgan fingerprint density at radius 3 is 2.72 bits per heavy atom. The van der Waals surface area contributed by atoms with Crippen LogP contribution in [0.3, 0.4) is 0 Å². The number of carbonyl (C=O) groups excluding carboxylic acids is 1. The van der Waals surface area contributed by atoms with Gasteiger partial charge in [0.15, 0.2) is 0 Å². The van der Waals surface area contributed by atoms with Crippen LogP contribution >= 0.6 is 0 Å². The van der Waals surface area contributed by atoms with Crippen molar-refractivity contribution in [2.75, 3.05) is 18.2 Å². The first kappa shape index (κ1) is 21.7. The van der Waals surface area contributed by atoms with Gasteiger partial charge in [-0.05, 0) is 12.5 Å². The fraction of sp³-hybridized carbons (Fsp3) is 0.211. The highest BCUT2D eigenvalue weighted by Crippen LogP contribution is 2.21. The Morgan fingerprint density at radius 1 is 1.41 bits per heavy atom. The number of ether oxygens (including phenoxy) is 1. The molecule has 2 rings (SSSR count). The molecular formula is C19H28N8O2+2. The number of amides is 2. The minimum absolute atomic E-state index is 0.103. The average Bonchev–Trinajstić information content (AvgIpc) is 2.68. The Hall–Kier alpha value is -3.63. The lowest BCUT2D eigenvalue weighted by Crippen LogP contribution is -2.43. The second-order valence-electron chi connectivity index (χ2n) is 6.27. The molecule has 29 heavy (non-hydrogen) atoms. The maximum atomic E-state index is 12.4. The molecule has 1 heterocycles. The number of hydrazine groups is 1. The molecule has 0 bridgehead atoms. The smallest absolute Gasteiger partial charge is 0.370 e. The number of hydrogen-bond donors (Lipinski definition) is 6. The van der Waals surface area contributed by atoms with E-state index in [1.54, 1.807) is 6.20 Å². The summed E-state index contributed by atoms with van der Waals surface area (Å²) in [5.74, 6) is 6.26. The maximum absolute atomic E-state index is 12.4. The van der Waals surface area contributed by atoms with Crippen LogP contribution in [0.4, 0.5) is 16.3 Å². The van der Waals surface area contributed by atoms with E-state index in [9.17, 15) is 4.79 Å². The van der Waals surface area contributed by atoms with Gasteiger partial charge in [0.2, 0.25) is 0 Å². The lowest BCUT2D eigenvalue weighted by Gasteiger charge is -2.18. The number of quaternary nitrogens is 1. The number of benzene rings is 1. The molecular weight excluding hydrogens is 372 g/mol. The highest BCUT2D eigenvalue weighted by molar-refractivity contribution is 5.97. The number of nitrogens with two attached hydrogens (primary N) is 3. The van der Waals surface area contributed by atoms with Gasteiger partial charge in [0, 0.05) is 6.07 Å². The Morgan fingerprint density at radius 2 is 2.10 bits per heavy atom. The fourth-order valence-electron chi connectivity index (χ4n) is 2.72. The summed E-state index contributed by atoms with van der Waals surface area (Å²) in [4.78, 5) is 16.8. The van der Waals surface area contributed by atoms with Crippen LogP contribution in [0.1, 0.15) is 29.8 Å². The number of rotatable bonds is 7. The SMILES string of the molecule is COC(=[NH2+])c1c(N)cc(NC(=O)NC(C)c2ccccc2)nc1CN(N)C=C[NH3+]. The lowest BCUT2D eigenvalue weighted by atomic mass is 10.1. The molecule has 0 aliphatic heterocycles. The van der Waals surface area contributed by atoms with Crippen molar-refractivity contribution < 1.29 is 20.7 Å². The molecule has 2 aromatic rings. The number of nitrogen functional groups attached to an aromatic ring is 1. The largest absolute Gasteiger partial charge is 0.448 e. The van der Waals surface area contributed by atoms with Gasteiger partial charge in [-0.3, -0.25) is 5.32 Å². The van der Waals surface area contributed by atoms with Gasteiger partial charge in [-0.25, -0.2) is 21.0 Å². The molecule has 0 spiro atoms. The second kappa shape index (κ2) is 10.1. The molecule has 0 fully saturated rings. The van der Waals surface area contributed by atoms with Crippen molar-refractivity contribution >= 4 is 23.4 Å². The first-order valence-electron chi connectivity index (χ1n) is 8.91. The molecule has 1 atom stereocenters. The lowest BCUT2D eigenvalue weighted by molar-refractivity contribution is -0.276. The number of urea groups is 1. The molecule has 1 unspecified atom stereocenters. The molecule has 0 aliphatic rings. The highest BCUT2D eigenvalue weighted by atomic mass is 16.5. The molecule has 10 nitrogen and oxygen atoms in total. The first-order valence-corrected chi connectivity index (χ1v) is 8.91. The Balaban J connectivity index is 2.22. The van der Waals surface area contributed by atoms with Crippen molar-refractivity contribution in [2.24, 2.45) is 5.84 Å². The standard InChI is InChI=1S/C19H26N8O2/c1-12(13-6-4-3-5-7-13)24-19(28)26-16-10-14(21)17(18(22)29-2)15(25-16)11-27(23)9-8-20/h3-10,12,22H,11,20,23H2,1-2H3,(H4,21,24,25,26,28)/p+2. The molecule has 1 aromatic heterocycles. The topological polar surface area (TPSA) is 172 Å². The van der Waals surface area contributed by atoms with Crippen molar-refractivity contribution in [3.8, 4) is 0 Å². The van der Waals surface area contributed by atoms with Crippen LogP contribution in [0.5, 0.6) is 0 Å². The average molecular weight is 400 g/mol. The number of hydrogen-bond acceptors (Lipinski definition) is 6. The van der Waals surface area contributed by atoms with Gasteiger partial charge < -0.3 is 26.5 Å². The number of methoxy groups -OCH3 is 1. The van der Waals surface area contributed by atoms with Gasteiger partial charge >= 0.3 is 11.9 Å². The van der Waals surface area contributed by atoms with E-state index in [0.29, 0.717) is 16.9 Å². The summed E-state index contributed by atoms with van der Waals surface area (Å²) in [7, 11) is 1.43. The normalized spacial score (nSPS) is 11.7. The van der Waals surface area contributed by atoms with Crippen molar-refractivity contribution in [2.45, 2.75) is 19.5 Å². The van der Waals surface area contributed by atoms with Crippen LogP contribution in [-0.2, 0) is 11.3 Å². The molecule has 154 valence electrons. The van der Waals surface area contributed by atoms with Crippen molar-refractivity contribution in [3.05, 3.63) is 65.6 Å². The zero-order valence-electron chi connectivity index (χ0n) is 16.6. The summed E-state index contributed by atoms with van der Waals surface area (Å²) in [6, 6.07) is 10.5. The Bertz CT molecular complexity index is 885. The van der Waals surface area contributed by atoms with E-state index in [1.165, 1.54) is 24.4 Å². The van der Waals surface area contributed by atoms with E-state index in [2.05, 4.69) is 21.4 Å². The zero-order valence-corrected chi connectivity index (χ0v) is 16.6. The predicted octanol–water partition coefficient (Wildman–Crippen LogP) is -0.913. The molecule has 0 saturated heterocycles. The van der Waals surface area contributed by atoms with Crippen LogP contribution < -0.4 is 33.4 Å².